The van der Waals surface area contributed by atoms with Crippen molar-refractivity contribution in [1.82, 2.24) is 9.55 Å². The predicted molar refractivity (Wildman–Crippen MR) is 95.8 cm³/mol. The Labute approximate surface area is 147 Å². The van der Waals surface area contributed by atoms with Gasteiger partial charge in [0.25, 0.3) is 5.56 Å². The Morgan fingerprint density at radius 1 is 1.56 bits per heavy atom. The molecule has 0 spiro atoms. The molecule has 2 heterocycles. The van der Waals surface area contributed by atoms with Crippen LogP contribution in [0.3, 0.4) is 0 Å². The van der Waals surface area contributed by atoms with Gasteiger partial charge in [-0.25, -0.2) is 4.79 Å². The van der Waals surface area contributed by atoms with E-state index in [2.05, 4.69) is 17.3 Å². The zero-order valence-corrected chi connectivity index (χ0v) is 14.4. The summed E-state index contributed by atoms with van der Waals surface area (Å²) in [5.74, 6) is -0.784. The van der Waals surface area contributed by atoms with E-state index < -0.39 is 5.97 Å². The quantitative estimate of drug-likeness (QED) is 0.587. The van der Waals surface area contributed by atoms with Crippen LogP contribution in [0, 0.1) is 11.3 Å². The van der Waals surface area contributed by atoms with Gasteiger partial charge in [-0.05, 0) is 19.1 Å². The SMILES string of the molecule is C=CCOC(=O)/C(C#N)=c1\sc(=C=Cc2cccnc2)c(=O)n1CC. The molecule has 2 aromatic rings. The number of hydrogen-bond acceptors (Lipinski definition) is 6. The second-order valence-corrected chi connectivity index (χ2v) is 5.73. The summed E-state index contributed by atoms with van der Waals surface area (Å²) in [4.78, 5) is 28.5. The molecule has 0 N–H and O–H groups in total. The summed E-state index contributed by atoms with van der Waals surface area (Å²) in [6.07, 6.45) is 6.32. The molecule has 6 nitrogen and oxygen atoms in total. The van der Waals surface area contributed by atoms with Gasteiger partial charge in [0.05, 0.1) is 0 Å². The van der Waals surface area contributed by atoms with E-state index in [1.54, 1.807) is 31.5 Å². The number of nitriles is 1. The standard InChI is InChI=1S/C18H15N3O3S/c1-3-10-24-18(23)14(11-19)17-21(4-2)16(22)15(25-17)8-7-13-6-5-9-20-12-13/h3,5-7,9,12H,1,4,10H2,2H3/b17-14-. The van der Waals surface area contributed by atoms with Crippen LogP contribution in [0.4, 0.5) is 0 Å². The van der Waals surface area contributed by atoms with E-state index in [0.717, 1.165) is 16.9 Å². The van der Waals surface area contributed by atoms with Crippen molar-refractivity contribution in [2.24, 2.45) is 0 Å². The van der Waals surface area contributed by atoms with Crippen molar-refractivity contribution < 1.29 is 9.53 Å². The molecular weight excluding hydrogens is 338 g/mol. The van der Waals surface area contributed by atoms with Crippen LogP contribution in [-0.2, 0) is 16.1 Å². The second kappa shape index (κ2) is 8.60. The lowest BCUT2D eigenvalue weighted by molar-refractivity contribution is -0.135. The summed E-state index contributed by atoms with van der Waals surface area (Å²) in [5, 5.41) is 9.32. The fraction of sp³-hybridized carbons (Fsp3) is 0.167. The molecule has 0 unspecified atom stereocenters. The van der Waals surface area contributed by atoms with Gasteiger partial charge in [-0.2, -0.15) is 5.26 Å². The Morgan fingerprint density at radius 3 is 2.96 bits per heavy atom. The monoisotopic (exact) mass is 353 g/mol. The number of carbonyl (C=O) groups is 1. The normalized spacial score (nSPS) is 11.0. The van der Waals surface area contributed by atoms with Gasteiger partial charge in [0.2, 0.25) is 0 Å². The molecule has 0 aliphatic rings. The number of rotatable bonds is 5. The smallest absolute Gasteiger partial charge is 0.352 e. The zero-order valence-electron chi connectivity index (χ0n) is 13.6. The Hall–Kier alpha value is -3.20. The third kappa shape index (κ3) is 4.21. The summed E-state index contributed by atoms with van der Waals surface area (Å²) < 4.78 is 6.83. The molecule has 2 rings (SSSR count). The lowest BCUT2D eigenvalue weighted by Gasteiger charge is -2.00. The lowest BCUT2D eigenvalue weighted by atomic mass is 10.3. The number of thiazole rings is 1. The Bertz CT molecular complexity index is 1040. The highest BCUT2D eigenvalue weighted by atomic mass is 32.1. The Kier molecular flexibility index (Phi) is 6.24. The maximum Gasteiger partial charge on any atom is 0.352 e. The average molecular weight is 353 g/mol. The highest BCUT2D eigenvalue weighted by Gasteiger charge is 2.16. The molecule has 0 amide bonds. The van der Waals surface area contributed by atoms with Crippen LogP contribution in [0.1, 0.15) is 12.5 Å². The number of aromatic nitrogens is 2. The molecule has 0 bridgehead atoms. The van der Waals surface area contributed by atoms with Crippen LogP contribution in [-0.4, -0.2) is 22.1 Å². The number of esters is 1. The minimum absolute atomic E-state index is 0.00830. The van der Waals surface area contributed by atoms with E-state index in [1.807, 2.05) is 12.1 Å². The number of hydrogen-bond donors (Lipinski definition) is 0. The molecule has 0 aliphatic carbocycles. The van der Waals surface area contributed by atoms with Gasteiger partial charge in [0, 0.05) is 24.5 Å². The highest BCUT2D eigenvalue weighted by molar-refractivity contribution is 7.07. The van der Waals surface area contributed by atoms with Gasteiger partial charge in [-0.15, -0.1) is 11.3 Å². The average Bonchev–Trinajstić information content (AvgIpc) is 2.95. The first-order chi connectivity index (χ1) is 12.1. The van der Waals surface area contributed by atoms with E-state index in [9.17, 15) is 14.9 Å². The van der Waals surface area contributed by atoms with Crippen molar-refractivity contribution in [1.29, 1.82) is 5.26 Å². The molecule has 0 fully saturated rings. The molecule has 0 aliphatic heterocycles. The van der Waals surface area contributed by atoms with Gasteiger partial charge in [-0.1, -0.05) is 24.5 Å². The fourth-order valence-corrected chi connectivity index (χ4v) is 3.03. The number of nitrogens with zero attached hydrogens (tertiary/aromatic N) is 3. The van der Waals surface area contributed by atoms with E-state index in [-0.39, 0.29) is 22.4 Å². The number of pyridine rings is 1. The minimum atomic E-state index is -0.784. The van der Waals surface area contributed by atoms with Gasteiger partial charge < -0.3 is 4.74 Å². The summed E-state index contributed by atoms with van der Waals surface area (Å²) in [7, 11) is 0. The number of carbonyl (C=O) groups excluding carboxylic acids is 1. The molecule has 2 aromatic heterocycles. The third-order valence-corrected chi connectivity index (χ3v) is 4.23. The topological polar surface area (TPSA) is 85.0 Å². The van der Waals surface area contributed by atoms with Crippen LogP contribution in [0.2, 0.25) is 0 Å². The maximum absolute atomic E-state index is 12.5. The van der Waals surface area contributed by atoms with Crippen molar-refractivity contribution in [2.45, 2.75) is 13.5 Å². The van der Waals surface area contributed by atoms with E-state index in [4.69, 9.17) is 4.74 Å². The first-order valence-corrected chi connectivity index (χ1v) is 8.22. The van der Waals surface area contributed by atoms with Gasteiger partial charge in [-0.3, -0.25) is 14.3 Å². The van der Waals surface area contributed by atoms with Crippen LogP contribution >= 0.6 is 11.3 Å². The van der Waals surface area contributed by atoms with Gasteiger partial charge in [0.1, 0.15) is 21.9 Å². The first kappa shape index (κ1) is 18.1. The molecule has 7 heteroatoms. The molecular formula is C18H15N3O3S. The van der Waals surface area contributed by atoms with E-state index in [0.29, 0.717) is 11.1 Å². The molecule has 0 radical (unpaired) electrons. The number of ether oxygens (including phenoxy) is 1. The van der Waals surface area contributed by atoms with E-state index >= 15 is 0 Å². The summed E-state index contributed by atoms with van der Waals surface area (Å²) in [6, 6.07) is 5.43. The van der Waals surface area contributed by atoms with Gasteiger partial charge >= 0.3 is 5.97 Å². The Balaban J connectivity index is 2.69. The lowest BCUT2D eigenvalue weighted by Crippen LogP contribution is -2.32. The van der Waals surface area contributed by atoms with Crippen LogP contribution in [0.15, 0.2) is 42.0 Å². The molecule has 0 saturated carbocycles. The van der Waals surface area contributed by atoms with Crippen molar-refractivity contribution in [3.8, 4) is 6.07 Å². The van der Waals surface area contributed by atoms with Crippen molar-refractivity contribution >= 4 is 34.7 Å². The largest absolute Gasteiger partial charge is 0.457 e. The third-order valence-electron chi connectivity index (χ3n) is 3.12. The van der Waals surface area contributed by atoms with Crippen LogP contribution in [0.25, 0.3) is 17.4 Å². The van der Waals surface area contributed by atoms with Crippen molar-refractivity contribution in [2.75, 3.05) is 6.61 Å². The Morgan fingerprint density at radius 2 is 2.36 bits per heavy atom. The molecule has 126 valence electrons. The fourth-order valence-electron chi connectivity index (χ4n) is 1.97. The predicted octanol–water partition coefficient (Wildman–Crippen LogP) is 0.821. The summed E-state index contributed by atoms with van der Waals surface area (Å²) in [5.41, 5.74) is 3.18. The molecule has 25 heavy (non-hydrogen) atoms. The minimum Gasteiger partial charge on any atom is -0.457 e. The summed E-state index contributed by atoms with van der Waals surface area (Å²) in [6.45, 7) is 5.52. The van der Waals surface area contributed by atoms with Crippen LogP contribution < -0.4 is 14.8 Å². The van der Waals surface area contributed by atoms with E-state index in [1.165, 1.54) is 10.6 Å². The van der Waals surface area contributed by atoms with Crippen LogP contribution in [0.5, 0.6) is 0 Å². The second-order valence-electron chi connectivity index (χ2n) is 4.73. The molecule has 0 aromatic carbocycles. The van der Waals surface area contributed by atoms with Crippen molar-refractivity contribution in [3.05, 3.63) is 62.3 Å². The summed E-state index contributed by atoms with van der Waals surface area (Å²) >= 11 is 1.03. The maximum atomic E-state index is 12.5. The highest BCUT2D eigenvalue weighted by Crippen LogP contribution is 1.98. The molecule has 0 saturated heterocycles. The first-order valence-electron chi connectivity index (χ1n) is 7.41. The zero-order chi connectivity index (χ0) is 18.2. The van der Waals surface area contributed by atoms with Crippen molar-refractivity contribution in [3.63, 3.8) is 0 Å². The van der Waals surface area contributed by atoms with Gasteiger partial charge in [0.15, 0.2) is 5.57 Å². The molecule has 0 atom stereocenters.